The summed E-state index contributed by atoms with van der Waals surface area (Å²) >= 11 is 0. The number of nitrogens with one attached hydrogen (secondary N) is 1. The van der Waals surface area contributed by atoms with Gasteiger partial charge in [0.15, 0.2) is 0 Å². The number of carboxylic acids is 1. The summed E-state index contributed by atoms with van der Waals surface area (Å²) in [5.74, 6) is -1.08. The maximum absolute atomic E-state index is 11.8. The van der Waals surface area contributed by atoms with Gasteiger partial charge in [-0.2, -0.15) is 0 Å². The molecule has 1 aromatic rings. The predicted octanol–water partition coefficient (Wildman–Crippen LogP) is 0.911. The first-order valence-corrected chi connectivity index (χ1v) is 5.79. The monoisotopic (exact) mass is 270 g/mol. The average Bonchev–Trinajstić information content (AvgIpc) is 2.86. The number of hydrogen-bond donors (Lipinski definition) is 2. The van der Waals surface area contributed by atoms with Crippen LogP contribution in [0.25, 0.3) is 0 Å². The lowest BCUT2D eigenvalue weighted by molar-refractivity contribution is -0.139. The highest BCUT2D eigenvalue weighted by molar-refractivity contribution is 5.82. The summed E-state index contributed by atoms with van der Waals surface area (Å²) in [6.07, 6.45) is 3.26. The number of amides is 2. The van der Waals surface area contributed by atoms with Gasteiger partial charge >= 0.3 is 12.0 Å². The van der Waals surface area contributed by atoms with Crippen LogP contribution in [0.4, 0.5) is 4.79 Å². The number of aliphatic carboxylic acids is 1. The van der Waals surface area contributed by atoms with Gasteiger partial charge in [-0.1, -0.05) is 0 Å². The van der Waals surface area contributed by atoms with Crippen LogP contribution in [0.1, 0.15) is 12.0 Å². The molecule has 7 nitrogen and oxygen atoms in total. The molecule has 106 valence electrons. The zero-order chi connectivity index (χ0) is 14.3. The standard InChI is InChI=1S/C12H18N2O5/c1-14(7-9-3-6-19-8-9)12(17)13-10(11(15)16)4-5-18-2/h3,6,8,10H,4-5,7H2,1-2H3,(H,13,17)(H,15,16). The van der Waals surface area contributed by atoms with Crippen molar-refractivity contribution in [1.82, 2.24) is 10.2 Å². The molecule has 2 N–H and O–H groups in total. The Morgan fingerprint density at radius 1 is 1.58 bits per heavy atom. The molecule has 0 bridgehead atoms. The number of methoxy groups -OCH3 is 1. The van der Waals surface area contributed by atoms with E-state index in [0.717, 1.165) is 5.56 Å². The molecule has 0 saturated heterocycles. The molecule has 0 aliphatic heterocycles. The van der Waals surface area contributed by atoms with E-state index in [1.165, 1.54) is 24.5 Å². The second kappa shape index (κ2) is 7.42. The van der Waals surface area contributed by atoms with Gasteiger partial charge in [0.2, 0.25) is 0 Å². The van der Waals surface area contributed by atoms with Crippen LogP contribution >= 0.6 is 0 Å². The molecule has 0 fully saturated rings. The normalized spacial score (nSPS) is 11.9. The van der Waals surface area contributed by atoms with Crippen molar-refractivity contribution in [2.75, 3.05) is 20.8 Å². The van der Waals surface area contributed by atoms with Crippen LogP contribution in [0.5, 0.6) is 0 Å². The van der Waals surface area contributed by atoms with Gasteiger partial charge in [-0.3, -0.25) is 0 Å². The van der Waals surface area contributed by atoms with Crippen molar-refractivity contribution < 1.29 is 23.8 Å². The summed E-state index contributed by atoms with van der Waals surface area (Å²) in [5.41, 5.74) is 0.835. The molecule has 0 saturated carbocycles. The van der Waals surface area contributed by atoms with Crippen LogP contribution < -0.4 is 5.32 Å². The predicted molar refractivity (Wildman–Crippen MR) is 66.6 cm³/mol. The van der Waals surface area contributed by atoms with Gasteiger partial charge in [-0.05, 0) is 6.07 Å². The quantitative estimate of drug-likeness (QED) is 0.768. The first-order chi connectivity index (χ1) is 9.04. The Morgan fingerprint density at radius 2 is 2.32 bits per heavy atom. The smallest absolute Gasteiger partial charge is 0.326 e. The average molecular weight is 270 g/mol. The summed E-state index contributed by atoms with van der Waals surface area (Å²) in [5, 5.41) is 11.4. The molecule has 0 aromatic carbocycles. The van der Waals surface area contributed by atoms with Crippen molar-refractivity contribution in [1.29, 1.82) is 0 Å². The molecular weight excluding hydrogens is 252 g/mol. The zero-order valence-electron chi connectivity index (χ0n) is 11.0. The fourth-order valence-corrected chi connectivity index (χ4v) is 1.48. The molecule has 19 heavy (non-hydrogen) atoms. The third-order valence-electron chi connectivity index (χ3n) is 2.55. The van der Waals surface area contributed by atoms with Crippen LogP contribution in [0.3, 0.4) is 0 Å². The van der Waals surface area contributed by atoms with Gasteiger partial charge in [-0.25, -0.2) is 9.59 Å². The van der Waals surface area contributed by atoms with E-state index in [1.807, 2.05) is 0 Å². The van der Waals surface area contributed by atoms with Crippen molar-refractivity contribution in [3.63, 3.8) is 0 Å². The van der Waals surface area contributed by atoms with E-state index in [-0.39, 0.29) is 13.0 Å². The first-order valence-electron chi connectivity index (χ1n) is 5.79. The highest BCUT2D eigenvalue weighted by atomic mass is 16.5. The van der Waals surface area contributed by atoms with Gasteiger partial charge in [0.25, 0.3) is 0 Å². The molecule has 0 aliphatic rings. The number of rotatable bonds is 7. The fourth-order valence-electron chi connectivity index (χ4n) is 1.48. The highest BCUT2D eigenvalue weighted by Crippen LogP contribution is 2.04. The number of hydrogen-bond acceptors (Lipinski definition) is 4. The second-order valence-corrected chi connectivity index (χ2v) is 4.11. The Hall–Kier alpha value is -2.02. The molecular formula is C12H18N2O5. The topological polar surface area (TPSA) is 92.0 Å². The van der Waals surface area contributed by atoms with Crippen molar-refractivity contribution in [3.8, 4) is 0 Å². The van der Waals surface area contributed by atoms with Crippen LogP contribution in [-0.4, -0.2) is 48.8 Å². The molecule has 1 heterocycles. The molecule has 0 spiro atoms. The van der Waals surface area contributed by atoms with Crippen LogP contribution in [0.15, 0.2) is 23.0 Å². The van der Waals surface area contributed by atoms with Crippen molar-refractivity contribution >= 4 is 12.0 Å². The van der Waals surface area contributed by atoms with Crippen LogP contribution in [0.2, 0.25) is 0 Å². The molecule has 0 aliphatic carbocycles. The van der Waals surface area contributed by atoms with Gasteiger partial charge in [-0.15, -0.1) is 0 Å². The highest BCUT2D eigenvalue weighted by Gasteiger charge is 2.21. The summed E-state index contributed by atoms with van der Waals surface area (Å²) in [7, 11) is 3.06. The van der Waals surface area contributed by atoms with E-state index in [4.69, 9.17) is 14.3 Å². The van der Waals surface area contributed by atoms with Gasteiger partial charge < -0.3 is 24.5 Å². The minimum absolute atomic E-state index is 0.219. The zero-order valence-corrected chi connectivity index (χ0v) is 11.0. The number of furan rings is 1. The molecule has 1 rings (SSSR count). The molecule has 7 heteroatoms. The van der Waals surface area contributed by atoms with E-state index in [0.29, 0.717) is 6.54 Å². The van der Waals surface area contributed by atoms with E-state index in [1.54, 1.807) is 13.1 Å². The number of carbonyl (C=O) groups excluding carboxylic acids is 1. The summed E-state index contributed by atoms with van der Waals surface area (Å²) in [6.45, 7) is 0.613. The second-order valence-electron chi connectivity index (χ2n) is 4.11. The Bertz CT molecular complexity index is 404. The number of carboxylic acid groups (broad SMARTS) is 1. The fraction of sp³-hybridized carbons (Fsp3) is 0.500. The Morgan fingerprint density at radius 3 is 2.84 bits per heavy atom. The summed E-state index contributed by atoms with van der Waals surface area (Å²) in [6, 6.07) is 0.326. The Balaban J connectivity index is 2.48. The number of carbonyl (C=O) groups is 2. The Kier molecular flexibility index (Phi) is 5.87. The van der Waals surface area contributed by atoms with Crippen molar-refractivity contribution in [2.45, 2.75) is 19.0 Å². The number of nitrogens with zero attached hydrogens (tertiary/aromatic N) is 1. The van der Waals surface area contributed by atoms with Crippen molar-refractivity contribution in [3.05, 3.63) is 24.2 Å². The molecule has 1 atom stereocenters. The molecule has 2 amide bonds. The maximum atomic E-state index is 11.8. The largest absolute Gasteiger partial charge is 0.480 e. The first kappa shape index (κ1) is 15.0. The van der Waals surface area contributed by atoms with E-state index in [9.17, 15) is 9.59 Å². The van der Waals surface area contributed by atoms with Crippen molar-refractivity contribution in [2.24, 2.45) is 0 Å². The third kappa shape index (κ3) is 5.01. The van der Waals surface area contributed by atoms with Crippen LogP contribution in [-0.2, 0) is 16.1 Å². The molecule has 1 aromatic heterocycles. The molecule has 1 unspecified atom stereocenters. The third-order valence-corrected chi connectivity index (χ3v) is 2.55. The lowest BCUT2D eigenvalue weighted by Crippen LogP contribution is -2.46. The van der Waals surface area contributed by atoms with E-state index in [2.05, 4.69) is 5.32 Å². The minimum atomic E-state index is -1.08. The minimum Gasteiger partial charge on any atom is -0.480 e. The van der Waals surface area contributed by atoms with Gasteiger partial charge in [0.05, 0.1) is 19.1 Å². The summed E-state index contributed by atoms with van der Waals surface area (Å²) in [4.78, 5) is 24.2. The van der Waals surface area contributed by atoms with E-state index < -0.39 is 18.0 Å². The number of urea groups is 1. The molecule has 0 radical (unpaired) electrons. The van der Waals surface area contributed by atoms with Gasteiger partial charge in [0, 0.05) is 32.7 Å². The SMILES string of the molecule is COCCC(NC(=O)N(C)Cc1ccoc1)C(=O)O. The van der Waals surface area contributed by atoms with E-state index >= 15 is 0 Å². The van der Waals surface area contributed by atoms with Gasteiger partial charge in [0.1, 0.15) is 6.04 Å². The lowest BCUT2D eigenvalue weighted by Gasteiger charge is -2.20. The van der Waals surface area contributed by atoms with Crippen LogP contribution in [0, 0.1) is 0 Å². The lowest BCUT2D eigenvalue weighted by atomic mass is 10.2. The summed E-state index contributed by atoms with van der Waals surface area (Å²) < 4.78 is 9.71. The number of ether oxygens (including phenoxy) is 1. The Labute approximate surface area is 111 Å². The maximum Gasteiger partial charge on any atom is 0.326 e.